The van der Waals surface area contributed by atoms with E-state index in [4.69, 9.17) is 10.1 Å². The summed E-state index contributed by atoms with van der Waals surface area (Å²) in [5.41, 5.74) is 3.34. The van der Waals surface area contributed by atoms with Gasteiger partial charge < -0.3 is 9.30 Å². The maximum Gasteiger partial charge on any atom is 0.283 e. The zero-order valence-electron chi connectivity index (χ0n) is 19.1. The third-order valence-corrected chi connectivity index (χ3v) is 6.67. The molecule has 0 saturated heterocycles. The van der Waals surface area contributed by atoms with E-state index in [1.165, 1.54) is 22.3 Å². The van der Waals surface area contributed by atoms with E-state index >= 15 is 0 Å². The molecule has 0 fully saturated rings. The molecule has 0 bridgehead atoms. The van der Waals surface area contributed by atoms with Gasteiger partial charge in [0.25, 0.3) is 5.91 Å². The number of hydrogen-bond donors (Lipinski definition) is 1. The van der Waals surface area contributed by atoms with E-state index in [0.717, 1.165) is 40.1 Å². The van der Waals surface area contributed by atoms with Crippen molar-refractivity contribution in [3.8, 4) is 5.75 Å². The molecule has 0 spiro atoms. The standard InChI is InChI=1S/C26H25N5O2S/c1-3-6-23-29-31-24(27)21(25(32)28-26(31)34-23)15-18-16-30(22-8-5-4-7-20(18)22)13-14-33-19-11-9-17(2)10-12-19/h4-5,7-12,15-16,27H,3,6,13-14H2,1-2H3. The SMILES string of the molecule is CCCC1=NN2C(=N)C(=Cc3cn(CCOc4ccc(C)cc4)c4ccccc34)C(=O)N=C2S1. The molecule has 1 aromatic heterocycles. The summed E-state index contributed by atoms with van der Waals surface area (Å²) in [4.78, 5) is 17.0. The number of hydrogen-bond acceptors (Lipinski definition) is 5. The highest BCUT2D eigenvalue weighted by atomic mass is 32.2. The molecule has 2 aliphatic heterocycles. The summed E-state index contributed by atoms with van der Waals surface area (Å²) in [6, 6.07) is 16.0. The molecule has 0 aliphatic carbocycles. The summed E-state index contributed by atoms with van der Waals surface area (Å²) >= 11 is 1.37. The van der Waals surface area contributed by atoms with Gasteiger partial charge >= 0.3 is 0 Å². The quantitative estimate of drug-likeness (QED) is 0.465. The van der Waals surface area contributed by atoms with Crippen molar-refractivity contribution in [3.05, 3.63) is 71.4 Å². The molecule has 1 N–H and O–H groups in total. The first kappa shape index (κ1) is 22.2. The Bertz CT molecular complexity index is 1370. The molecule has 0 saturated carbocycles. The van der Waals surface area contributed by atoms with Crippen LogP contribution in [0.4, 0.5) is 0 Å². The van der Waals surface area contributed by atoms with Crippen molar-refractivity contribution >= 4 is 50.7 Å². The van der Waals surface area contributed by atoms with Gasteiger partial charge in [-0.1, -0.05) is 42.8 Å². The molecular formula is C26H25N5O2S. The summed E-state index contributed by atoms with van der Waals surface area (Å²) in [6.45, 7) is 5.29. The number of para-hydroxylation sites is 1. The number of ether oxygens (including phenoxy) is 1. The molecular weight excluding hydrogens is 446 g/mol. The van der Waals surface area contributed by atoms with Gasteiger partial charge in [-0.05, 0) is 55.8 Å². The molecule has 5 rings (SSSR count). The number of carbonyl (C=O) groups excluding carboxylic acids is 1. The molecule has 2 aliphatic rings. The lowest BCUT2D eigenvalue weighted by molar-refractivity contribution is -0.114. The summed E-state index contributed by atoms with van der Waals surface area (Å²) < 4.78 is 8.03. The normalized spacial score (nSPS) is 16.8. The number of nitrogens with one attached hydrogen (secondary N) is 1. The van der Waals surface area contributed by atoms with E-state index in [1.807, 2.05) is 61.7 Å². The molecule has 1 amide bonds. The molecule has 2 aromatic carbocycles. The van der Waals surface area contributed by atoms with Gasteiger partial charge in [0.05, 0.1) is 12.1 Å². The number of hydrazone groups is 1. The lowest BCUT2D eigenvalue weighted by Gasteiger charge is -2.20. The van der Waals surface area contributed by atoms with Crippen molar-refractivity contribution in [2.45, 2.75) is 33.2 Å². The van der Waals surface area contributed by atoms with Gasteiger partial charge in [0.1, 0.15) is 17.4 Å². The van der Waals surface area contributed by atoms with Crippen LogP contribution in [0.15, 0.2) is 70.4 Å². The molecule has 3 aromatic rings. The second kappa shape index (κ2) is 9.30. The summed E-state index contributed by atoms with van der Waals surface area (Å²) in [5, 5.41) is 16.9. The maximum absolute atomic E-state index is 12.8. The molecule has 34 heavy (non-hydrogen) atoms. The van der Waals surface area contributed by atoms with Crippen LogP contribution < -0.4 is 4.74 Å². The Hall–Kier alpha value is -3.65. The third kappa shape index (κ3) is 4.28. The van der Waals surface area contributed by atoms with E-state index in [1.54, 1.807) is 6.08 Å². The minimum atomic E-state index is -0.406. The van der Waals surface area contributed by atoms with Gasteiger partial charge in [0, 0.05) is 22.7 Å². The van der Waals surface area contributed by atoms with Crippen molar-refractivity contribution in [1.82, 2.24) is 9.58 Å². The van der Waals surface area contributed by atoms with Crippen LogP contribution >= 0.6 is 11.8 Å². The lowest BCUT2D eigenvalue weighted by Crippen LogP contribution is -2.35. The lowest BCUT2D eigenvalue weighted by atomic mass is 10.1. The molecule has 172 valence electrons. The Balaban J connectivity index is 1.41. The van der Waals surface area contributed by atoms with E-state index in [0.29, 0.717) is 18.3 Å². The molecule has 0 radical (unpaired) electrons. The Morgan fingerprint density at radius 3 is 2.74 bits per heavy atom. The smallest absolute Gasteiger partial charge is 0.283 e. The fourth-order valence-electron chi connectivity index (χ4n) is 3.97. The summed E-state index contributed by atoms with van der Waals surface area (Å²) in [6.07, 6.45) is 5.51. The fraction of sp³-hybridized carbons (Fsp3) is 0.231. The first-order chi connectivity index (χ1) is 16.5. The molecule has 7 nitrogen and oxygen atoms in total. The van der Waals surface area contributed by atoms with Crippen LogP contribution in [0.5, 0.6) is 5.75 Å². The summed E-state index contributed by atoms with van der Waals surface area (Å²) in [5.74, 6) is 0.496. The number of aryl methyl sites for hydroxylation is 1. The predicted molar refractivity (Wildman–Crippen MR) is 139 cm³/mol. The molecule has 3 heterocycles. The number of fused-ring (bicyclic) bond motifs is 2. The van der Waals surface area contributed by atoms with Crippen molar-refractivity contribution < 1.29 is 9.53 Å². The third-order valence-electron chi connectivity index (χ3n) is 5.70. The van der Waals surface area contributed by atoms with Gasteiger partial charge in [-0.2, -0.15) is 15.1 Å². The maximum atomic E-state index is 12.8. The highest BCUT2D eigenvalue weighted by molar-refractivity contribution is 8.26. The fourth-order valence-corrected chi connectivity index (χ4v) is 4.96. The zero-order valence-corrected chi connectivity index (χ0v) is 19.9. The number of amidine groups is 2. The molecule has 0 atom stereocenters. The largest absolute Gasteiger partial charge is 0.492 e. The van der Waals surface area contributed by atoms with Crippen LogP contribution in [0.1, 0.15) is 30.9 Å². The first-order valence-corrected chi connectivity index (χ1v) is 12.1. The minimum Gasteiger partial charge on any atom is -0.492 e. The molecule has 0 unspecified atom stereocenters. The number of aliphatic imine (C=N–C) groups is 1. The van der Waals surface area contributed by atoms with Crippen LogP contribution in [0, 0.1) is 12.3 Å². The highest BCUT2D eigenvalue weighted by Gasteiger charge is 2.35. The average Bonchev–Trinajstić information content (AvgIpc) is 3.39. The van der Waals surface area contributed by atoms with Crippen LogP contribution in [-0.2, 0) is 11.3 Å². The van der Waals surface area contributed by atoms with Crippen LogP contribution in [-0.4, -0.2) is 38.1 Å². The number of nitrogens with zero attached hydrogens (tertiary/aromatic N) is 4. The monoisotopic (exact) mass is 471 g/mol. The van der Waals surface area contributed by atoms with Crippen molar-refractivity contribution in [1.29, 1.82) is 5.41 Å². The zero-order chi connectivity index (χ0) is 23.7. The topological polar surface area (TPSA) is 83.0 Å². The first-order valence-electron chi connectivity index (χ1n) is 11.3. The predicted octanol–water partition coefficient (Wildman–Crippen LogP) is 5.45. The number of amides is 1. The minimum absolute atomic E-state index is 0.0631. The Labute approximate surface area is 202 Å². The van der Waals surface area contributed by atoms with Crippen LogP contribution in [0.3, 0.4) is 0 Å². The Morgan fingerprint density at radius 1 is 1.15 bits per heavy atom. The van der Waals surface area contributed by atoms with Gasteiger partial charge in [-0.15, -0.1) is 0 Å². The molecule has 8 heteroatoms. The number of benzene rings is 2. The van der Waals surface area contributed by atoms with Gasteiger partial charge in [-0.25, -0.2) is 0 Å². The van der Waals surface area contributed by atoms with Gasteiger partial charge in [-0.3, -0.25) is 10.2 Å². The van der Waals surface area contributed by atoms with Crippen molar-refractivity contribution in [2.75, 3.05) is 6.61 Å². The second-order valence-corrected chi connectivity index (χ2v) is 9.26. The van der Waals surface area contributed by atoms with Gasteiger partial charge in [0.15, 0.2) is 5.84 Å². The Morgan fingerprint density at radius 2 is 1.94 bits per heavy atom. The number of thioether (sulfide) groups is 1. The number of carbonyl (C=O) groups is 1. The van der Waals surface area contributed by atoms with E-state index in [2.05, 4.69) is 21.6 Å². The van der Waals surface area contributed by atoms with E-state index < -0.39 is 5.91 Å². The average molecular weight is 472 g/mol. The van der Waals surface area contributed by atoms with Crippen molar-refractivity contribution in [3.63, 3.8) is 0 Å². The number of aromatic nitrogens is 1. The van der Waals surface area contributed by atoms with Crippen LogP contribution in [0.2, 0.25) is 0 Å². The van der Waals surface area contributed by atoms with E-state index in [9.17, 15) is 4.79 Å². The summed E-state index contributed by atoms with van der Waals surface area (Å²) in [7, 11) is 0. The van der Waals surface area contributed by atoms with Gasteiger partial charge in [0.2, 0.25) is 5.17 Å². The Kier molecular flexibility index (Phi) is 6.06. The second-order valence-electron chi connectivity index (χ2n) is 8.22. The number of rotatable bonds is 7. The van der Waals surface area contributed by atoms with E-state index in [-0.39, 0.29) is 11.4 Å². The van der Waals surface area contributed by atoms with Crippen molar-refractivity contribution in [2.24, 2.45) is 10.1 Å². The highest BCUT2D eigenvalue weighted by Crippen LogP contribution is 2.31. The van der Waals surface area contributed by atoms with Crippen LogP contribution in [0.25, 0.3) is 17.0 Å².